The van der Waals surface area contributed by atoms with E-state index in [0.29, 0.717) is 0 Å². The number of hydrogen-bond acceptors (Lipinski definition) is 4. The van der Waals surface area contributed by atoms with Crippen LogP contribution in [0.15, 0.2) is 0 Å². The van der Waals surface area contributed by atoms with Crippen LogP contribution in [-0.4, -0.2) is 72.9 Å². The van der Waals surface area contributed by atoms with Gasteiger partial charge in [0.1, 0.15) is 0 Å². The van der Waals surface area contributed by atoms with Crippen molar-refractivity contribution < 1.29 is 9.59 Å². The fraction of sp³-hybridized carbons (Fsp3) is 0.882. The number of thioether (sulfide) groups is 1. The Morgan fingerprint density at radius 2 is 1.83 bits per heavy atom. The summed E-state index contributed by atoms with van der Waals surface area (Å²) in [4.78, 5) is 28.6. The fourth-order valence-corrected chi connectivity index (χ4v) is 4.14. The van der Waals surface area contributed by atoms with Crippen LogP contribution in [0.3, 0.4) is 0 Å². The Morgan fingerprint density at radius 3 is 2.43 bits per heavy atom. The number of piperazine rings is 1. The maximum atomic E-state index is 12.3. The molecule has 0 radical (unpaired) electrons. The van der Waals surface area contributed by atoms with Crippen LogP contribution in [-0.2, 0) is 9.59 Å². The highest BCUT2D eigenvalue weighted by Gasteiger charge is 2.25. The van der Waals surface area contributed by atoms with Gasteiger partial charge in [-0.15, -0.1) is 0 Å². The molecule has 1 atom stereocenters. The van der Waals surface area contributed by atoms with Crippen molar-refractivity contribution in [3.63, 3.8) is 0 Å². The third-order valence-electron chi connectivity index (χ3n) is 4.98. The molecule has 1 saturated heterocycles. The van der Waals surface area contributed by atoms with Gasteiger partial charge in [-0.1, -0.05) is 19.8 Å². The highest BCUT2D eigenvalue weighted by atomic mass is 32.2. The molecule has 1 saturated carbocycles. The van der Waals surface area contributed by atoms with Crippen LogP contribution in [0.25, 0.3) is 0 Å². The van der Waals surface area contributed by atoms with E-state index in [9.17, 15) is 9.59 Å². The van der Waals surface area contributed by atoms with E-state index in [-0.39, 0.29) is 23.7 Å². The number of carbonyl (C=O) groups is 2. The van der Waals surface area contributed by atoms with E-state index in [0.717, 1.165) is 57.9 Å². The molecule has 1 aliphatic carbocycles. The highest BCUT2D eigenvalue weighted by Crippen LogP contribution is 2.24. The molecule has 0 bridgehead atoms. The van der Waals surface area contributed by atoms with Crippen molar-refractivity contribution in [2.24, 2.45) is 11.8 Å². The summed E-state index contributed by atoms with van der Waals surface area (Å²) in [5, 5.41) is 3.08. The van der Waals surface area contributed by atoms with Crippen molar-refractivity contribution in [3.05, 3.63) is 0 Å². The van der Waals surface area contributed by atoms with E-state index in [1.54, 1.807) is 11.8 Å². The summed E-state index contributed by atoms with van der Waals surface area (Å²) >= 11 is 1.73. The second-order valence-electron chi connectivity index (χ2n) is 6.80. The molecule has 1 N–H and O–H groups in total. The van der Waals surface area contributed by atoms with Crippen LogP contribution >= 0.6 is 11.8 Å². The molecule has 0 aromatic heterocycles. The van der Waals surface area contributed by atoms with Gasteiger partial charge in [-0.3, -0.25) is 14.5 Å². The first-order chi connectivity index (χ1) is 11.1. The van der Waals surface area contributed by atoms with Crippen LogP contribution in [0, 0.1) is 11.8 Å². The van der Waals surface area contributed by atoms with Crippen molar-refractivity contribution in [3.8, 4) is 0 Å². The lowest BCUT2D eigenvalue weighted by atomic mass is 10.1. The van der Waals surface area contributed by atoms with Crippen LogP contribution in [0.1, 0.15) is 32.6 Å². The summed E-state index contributed by atoms with van der Waals surface area (Å²) in [6, 6.07) is 0. The predicted molar refractivity (Wildman–Crippen MR) is 95.5 cm³/mol. The van der Waals surface area contributed by atoms with Crippen molar-refractivity contribution in [2.75, 3.05) is 51.3 Å². The van der Waals surface area contributed by atoms with Gasteiger partial charge in [0.25, 0.3) is 0 Å². The quantitative estimate of drug-likeness (QED) is 0.761. The summed E-state index contributed by atoms with van der Waals surface area (Å²) in [7, 11) is 0. The third kappa shape index (κ3) is 5.68. The number of amides is 2. The molecular weight excluding hydrogens is 310 g/mol. The Hall–Kier alpha value is -0.750. The third-order valence-corrected chi connectivity index (χ3v) is 5.81. The first-order valence-corrected chi connectivity index (χ1v) is 10.3. The molecule has 1 heterocycles. The van der Waals surface area contributed by atoms with E-state index < -0.39 is 0 Å². The first kappa shape index (κ1) is 18.6. The monoisotopic (exact) mass is 341 g/mol. The molecule has 132 valence electrons. The average Bonchev–Trinajstić information content (AvgIpc) is 3.09. The molecule has 0 aromatic carbocycles. The summed E-state index contributed by atoms with van der Waals surface area (Å²) in [5.41, 5.74) is 0. The van der Waals surface area contributed by atoms with Gasteiger partial charge in [0.05, 0.1) is 0 Å². The number of nitrogens with zero attached hydrogens (tertiary/aromatic N) is 2. The smallest absolute Gasteiger partial charge is 0.226 e. The van der Waals surface area contributed by atoms with Gasteiger partial charge >= 0.3 is 0 Å². The van der Waals surface area contributed by atoms with Crippen LogP contribution < -0.4 is 5.32 Å². The van der Waals surface area contributed by atoms with Gasteiger partial charge in [-0.05, 0) is 19.1 Å². The number of rotatable bonds is 7. The molecule has 2 amide bonds. The molecule has 1 aliphatic heterocycles. The maximum Gasteiger partial charge on any atom is 0.226 e. The standard InChI is InChI=1S/C17H31N3O2S/c1-14(13-23-2)17(22)20-11-9-19(10-12-20)8-7-18-16(21)15-5-3-4-6-15/h14-15H,3-13H2,1-2H3,(H,18,21). The molecule has 2 aliphatic rings. The largest absolute Gasteiger partial charge is 0.355 e. The molecule has 0 spiro atoms. The van der Waals surface area contributed by atoms with Gasteiger partial charge in [0.15, 0.2) is 0 Å². The topological polar surface area (TPSA) is 52.7 Å². The van der Waals surface area contributed by atoms with Gasteiger partial charge in [0.2, 0.25) is 11.8 Å². The van der Waals surface area contributed by atoms with Crippen LogP contribution in [0.5, 0.6) is 0 Å². The summed E-state index contributed by atoms with van der Waals surface area (Å²) in [5.74, 6) is 1.78. The SMILES string of the molecule is CSCC(C)C(=O)N1CCN(CCNC(=O)C2CCCC2)CC1. The van der Waals surface area contributed by atoms with Crippen molar-refractivity contribution in [2.45, 2.75) is 32.6 Å². The molecule has 1 unspecified atom stereocenters. The second-order valence-corrected chi connectivity index (χ2v) is 7.71. The summed E-state index contributed by atoms with van der Waals surface area (Å²) in [6.07, 6.45) is 6.55. The van der Waals surface area contributed by atoms with E-state index in [1.165, 1.54) is 12.8 Å². The van der Waals surface area contributed by atoms with Gasteiger partial charge in [0, 0.05) is 56.9 Å². The second kappa shape index (κ2) is 9.52. The molecule has 2 fully saturated rings. The highest BCUT2D eigenvalue weighted by molar-refractivity contribution is 7.98. The molecular formula is C17H31N3O2S. The Balaban J connectivity index is 1.61. The van der Waals surface area contributed by atoms with Crippen molar-refractivity contribution in [1.29, 1.82) is 0 Å². The first-order valence-electron chi connectivity index (χ1n) is 8.89. The van der Waals surface area contributed by atoms with E-state index in [1.807, 2.05) is 18.1 Å². The lowest BCUT2D eigenvalue weighted by Gasteiger charge is -2.36. The van der Waals surface area contributed by atoms with Crippen LogP contribution in [0.2, 0.25) is 0 Å². The zero-order valence-electron chi connectivity index (χ0n) is 14.6. The van der Waals surface area contributed by atoms with Gasteiger partial charge in [-0.25, -0.2) is 0 Å². The van der Waals surface area contributed by atoms with E-state index >= 15 is 0 Å². The minimum absolute atomic E-state index is 0.113. The Morgan fingerprint density at radius 1 is 1.17 bits per heavy atom. The fourth-order valence-electron chi connectivity index (χ4n) is 3.49. The number of nitrogens with one attached hydrogen (secondary N) is 1. The van der Waals surface area contributed by atoms with E-state index in [4.69, 9.17) is 0 Å². The molecule has 0 aromatic rings. The minimum atomic E-state index is 0.113. The number of hydrogen-bond donors (Lipinski definition) is 1. The zero-order valence-corrected chi connectivity index (χ0v) is 15.4. The van der Waals surface area contributed by atoms with Crippen LogP contribution in [0.4, 0.5) is 0 Å². The minimum Gasteiger partial charge on any atom is -0.355 e. The average molecular weight is 342 g/mol. The summed E-state index contributed by atoms with van der Waals surface area (Å²) < 4.78 is 0. The number of carbonyl (C=O) groups excluding carboxylic acids is 2. The van der Waals surface area contributed by atoms with Crippen molar-refractivity contribution >= 4 is 23.6 Å². The maximum absolute atomic E-state index is 12.3. The lowest BCUT2D eigenvalue weighted by molar-refractivity contribution is -0.136. The molecule has 5 nitrogen and oxygen atoms in total. The Bertz CT molecular complexity index is 391. The normalized spacial score (nSPS) is 21.4. The lowest BCUT2D eigenvalue weighted by Crippen LogP contribution is -2.51. The van der Waals surface area contributed by atoms with E-state index in [2.05, 4.69) is 10.2 Å². The Kier molecular flexibility index (Phi) is 7.70. The van der Waals surface area contributed by atoms with Gasteiger partial charge < -0.3 is 10.2 Å². The predicted octanol–water partition coefficient (Wildman–Crippen LogP) is 1.44. The molecule has 23 heavy (non-hydrogen) atoms. The Labute approximate surface area is 144 Å². The molecule has 2 rings (SSSR count). The summed E-state index contributed by atoms with van der Waals surface area (Å²) in [6.45, 7) is 7.09. The van der Waals surface area contributed by atoms with Crippen molar-refractivity contribution in [1.82, 2.24) is 15.1 Å². The van der Waals surface area contributed by atoms with Gasteiger partial charge in [-0.2, -0.15) is 11.8 Å². The molecule has 6 heteroatoms. The zero-order chi connectivity index (χ0) is 16.7.